The third-order valence-corrected chi connectivity index (χ3v) is 2.14. The van der Waals surface area contributed by atoms with Crippen molar-refractivity contribution in [2.45, 2.75) is 68.2 Å². The van der Waals surface area contributed by atoms with E-state index in [9.17, 15) is 4.39 Å². The zero-order chi connectivity index (χ0) is 15.8. The van der Waals surface area contributed by atoms with Crippen LogP contribution in [0.4, 0.5) is 4.39 Å². The van der Waals surface area contributed by atoms with E-state index < -0.39 is 0 Å². The van der Waals surface area contributed by atoms with Gasteiger partial charge in [-0.05, 0) is 44.4 Å². The Morgan fingerprint density at radius 2 is 1.47 bits per heavy atom. The van der Waals surface area contributed by atoms with E-state index in [2.05, 4.69) is 27.4 Å². The standard InChI is InChI=1S/C8H9F.C5H10.C3H8.C2H6/c1-6-4-3-5-8(9)7(6)2;1-4-5(2)3;1-3-2;1-2/h3-5H,1-2H3;2,4H2,1,3H3;3H2,1-2H3;1-2H3. The van der Waals surface area contributed by atoms with Crippen LogP contribution in [0.15, 0.2) is 30.4 Å². The molecule has 0 saturated heterocycles. The molecule has 0 saturated carbocycles. The molecule has 0 aromatic heterocycles. The molecule has 0 fully saturated rings. The Morgan fingerprint density at radius 3 is 1.68 bits per heavy atom. The van der Waals surface area contributed by atoms with Gasteiger partial charge in [-0.15, -0.1) is 6.58 Å². The van der Waals surface area contributed by atoms with Gasteiger partial charge in [-0.1, -0.05) is 58.7 Å². The Kier molecular flexibility index (Phi) is 20.5. The highest BCUT2D eigenvalue weighted by Gasteiger charge is 1.95. The smallest absolute Gasteiger partial charge is 0.126 e. The molecule has 112 valence electrons. The molecule has 0 unspecified atom stereocenters. The fourth-order valence-corrected chi connectivity index (χ4v) is 0.715. The molecular formula is C18H33F. The van der Waals surface area contributed by atoms with Crippen LogP contribution in [0.2, 0.25) is 0 Å². The Hall–Kier alpha value is -1.11. The highest BCUT2D eigenvalue weighted by molar-refractivity contribution is 5.25. The molecule has 0 N–H and O–H groups in total. The van der Waals surface area contributed by atoms with E-state index >= 15 is 0 Å². The molecule has 0 atom stereocenters. The first kappa shape index (κ1) is 23.0. The maximum Gasteiger partial charge on any atom is 0.126 e. The number of allylic oxidation sites excluding steroid dienone is 1. The topological polar surface area (TPSA) is 0 Å². The van der Waals surface area contributed by atoms with E-state index in [4.69, 9.17) is 0 Å². The van der Waals surface area contributed by atoms with Crippen molar-refractivity contribution in [1.82, 2.24) is 0 Å². The monoisotopic (exact) mass is 268 g/mol. The molecule has 0 spiro atoms. The van der Waals surface area contributed by atoms with E-state index in [1.165, 1.54) is 18.1 Å². The summed E-state index contributed by atoms with van der Waals surface area (Å²) >= 11 is 0. The lowest BCUT2D eigenvalue weighted by molar-refractivity contribution is 0.617. The van der Waals surface area contributed by atoms with Crippen molar-refractivity contribution in [2.24, 2.45) is 0 Å². The van der Waals surface area contributed by atoms with Crippen LogP contribution in [0.25, 0.3) is 0 Å². The molecule has 1 aromatic rings. The van der Waals surface area contributed by atoms with Crippen molar-refractivity contribution < 1.29 is 4.39 Å². The molecule has 0 amide bonds. The number of hydrogen-bond donors (Lipinski definition) is 0. The van der Waals surface area contributed by atoms with Crippen molar-refractivity contribution in [3.8, 4) is 0 Å². The predicted octanol–water partition coefficient (Wildman–Crippen LogP) is 6.86. The lowest BCUT2D eigenvalue weighted by Gasteiger charge is -1.97. The molecule has 0 bridgehead atoms. The number of hydrogen-bond acceptors (Lipinski definition) is 0. The number of halogens is 1. The van der Waals surface area contributed by atoms with Crippen LogP contribution < -0.4 is 0 Å². The van der Waals surface area contributed by atoms with Crippen molar-refractivity contribution >= 4 is 0 Å². The third kappa shape index (κ3) is 16.9. The molecule has 0 aliphatic rings. The van der Waals surface area contributed by atoms with Gasteiger partial charge in [0.15, 0.2) is 0 Å². The second-order valence-corrected chi connectivity index (χ2v) is 4.20. The Balaban J connectivity index is -0.000000219. The van der Waals surface area contributed by atoms with Crippen LogP contribution in [0.5, 0.6) is 0 Å². The van der Waals surface area contributed by atoms with Gasteiger partial charge in [-0.25, -0.2) is 4.39 Å². The first-order valence-corrected chi connectivity index (χ1v) is 7.26. The lowest BCUT2D eigenvalue weighted by atomic mass is 10.1. The number of benzene rings is 1. The average Bonchev–Trinajstić information content (AvgIpc) is 2.40. The summed E-state index contributed by atoms with van der Waals surface area (Å²) in [6, 6.07) is 5.10. The second-order valence-electron chi connectivity index (χ2n) is 4.20. The summed E-state index contributed by atoms with van der Waals surface area (Å²) in [5.74, 6) is -0.116. The van der Waals surface area contributed by atoms with E-state index in [0.717, 1.165) is 17.5 Å². The molecule has 0 radical (unpaired) electrons. The van der Waals surface area contributed by atoms with Crippen molar-refractivity contribution in [2.75, 3.05) is 0 Å². The van der Waals surface area contributed by atoms with Crippen LogP contribution in [-0.2, 0) is 0 Å². The molecule has 19 heavy (non-hydrogen) atoms. The Labute approximate surface area is 120 Å². The lowest BCUT2D eigenvalue weighted by Crippen LogP contribution is -1.83. The minimum atomic E-state index is -0.116. The molecule has 1 heteroatoms. The highest BCUT2D eigenvalue weighted by Crippen LogP contribution is 2.09. The van der Waals surface area contributed by atoms with E-state index in [1.807, 2.05) is 33.8 Å². The number of rotatable bonds is 1. The normalized spacial score (nSPS) is 7.84. The van der Waals surface area contributed by atoms with Crippen LogP contribution >= 0.6 is 0 Å². The van der Waals surface area contributed by atoms with E-state index in [0.29, 0.717) is 0 Å². The molecule has 0 aliphatic carbocycles. The summed E-state index contributed by atoms with van der Waals surface area (Å²) < 4.78 is 12.6. The second kappa shape index (κ2) is 16.9. The van der Waals surface area contributed by atoms with Crippen molar-refractivity contribution in [3.63, 3.8) is 0 Å². The zero-order valence-electron chi connectivity index (χ0n) is 14.2. The largest absolute Gasteiger partial charge is 0.207 e. The summed E-state index contributed by atoms with van der Waals surface area (Å²) in [4.78, 5) is 0. The van der Waals surface area contributed by atoms with Gasteiger partial charge in [-0.2, -0.15) is 0 Å². The average molecular weight is 268 g/mol. The first-order chi connectivity index (χ1) is 8.90. The van der Waals surface area contributed by atoms with Crippen LogP contribution in [0, 0.1) is 19.7 Å². The summed E-state index contributed by atoms with van der Waals surface area (Å²) in [5, 5.41) is 0. The summed E-state index contributed by atoms with van der Waals surface area (Å²) in [7, 11) is 0. The minimum absolute atomic E-state index is 0.116. The van der Waals surface area contributed by atoms with Gasteiger partial charge in [0.25, 0.3) is 0 Å². The van der Waals surface area contributed by atoms with Gasteiger partial charge in [0, 0.05) is 0 Å². The molecule has 1 aromatic carbocycles. The fourth-order valence-electron chi connectivity index (χ4n) is 0.715. The quantitative estimate of drug-likeness (QED) is 0.488. The third-order valence-electron chi connectivity index (χ3n) is 2.14. The SMILES string of the molecule is C=C(C)CC.CC.CCC.Cc1cccc(F)c1C. The van der Waals surface area contributed by atoms with E-state index in [-0.39, 0.29) is 5.82 Å². The fraction of sp³-hybridized carbons (Fsp3) is 0.556. The molecule has 0 aliphatic heterocycles. The molecule has 0 heterocycles. The van der Waals surface area contributed by atoms with Crippen LogP contribution in [0.3, 0.4) is 0 Å². The minimum Gasteiger partial charge on any atom is -0.207 e. The van der Waals surface area contributed by atoms with Crippen LogP contribution in [0.1, 0.15) is 65.5 Å². The predicted molar refractivity (Wildman–Crippen MR) is 88.3 cm³/mol. The van der Waals surface area contributed by atoms with Gasteiger partial charge in [0.2, 0.25) is 0 Å². The van der Waals surface area contributed by atoms with Gasteiger partial charge >= 0.3 is 0 Å². The number of aryl methyl sites for hydroxylation is 1. The van der Waals surface area contributed by atoms with Gasteiger partial charge in [-0.3, -0.25) is 0 Å². The Morgan fingerprint density at radius 1 is 1.11 bits per heavy atom. The summed E-state index contributed by atoms with van der Waals surface area (Å²) in [6.07, 6.45) is 2.36. The maximum atomic E-state index is 12.6. The van der Waals surface area contributed by atoms with Crippen LogP contribution in [-0.4, -0.2) is 0 Å². The molecular weight excluding hydrogens is 235 g/mol. The first-order valence-electron chi connectivity index (χ1n) is 7.26. The summed E-state index contributed by atoms with van der Waals surface area (Å²) in [6.45, 7) is 19.7. The van der Waals surface area contributed by atoms with Gasteiger partial charge < -0.3 is 0 Å². The van der Waals surface area contributed by atoms with Crippen molar-refractivity contribution in [1.29, 1.82) is 0 Å². The van der Waals surface area contributed by atoms with Gasteiger partial charge in [0.05, 0.1) is 0 Å². The highest BCUT2D eigenvalue weighted by atomic mass is 19.1. The van der Waals surface area contributed by atoms with Gasteiger partial charge in [0.1, 0.15) is 5.82 Å². The Bertz CT molecular complexity index is 293. The molecule has 0 nitrogen and oxygen atoms in total. The maximum absolute atomic E-state index is 12.6. The molecule has 1 rings (SSSR count). The van der Waals surface area contributed by atoms with E-state index in [1.54, 1.807) is 13.0 Å². The van der Waals surface area contributed by atoms with Crippen molar-refractivity contribution in [3.05, 3.63) is 47.3 Å². The summed E-state index contributed by atoms with van der Waals surface area (Å²) in [5.41, 5.74) is 3.01. The zero-order valence-corrected chi connectivity index (χ0v) is 14.2.